The summed E-state index contributed by atoms with van der Waals surface area (Å²) in [6, 6.07) is -0.741. The third-order valence-electron chi connectivity index (χ3n) is 5.05. The number of nitrogens with two attached hydrogens (primary N) is 1. The molecule has 0 aromatic rings. The van der Waals surface area contributed by atoms with Crippen molar-refractivity contribution in [3.63, 3.8) is 0 Å². The summed E-state index contributed by atoms with van der Waals surface area (Å²) in [5.41, 5.74) is 5.74. The number of unbranched alkanes of at least 4 members (excludes halogenated alkanes) is 1. The largest absolute Gasteiger partial charge is 0.328 e. The van der Waals surface area contributed by atoms with Gasteiger partial charge in [-0.1, -0.05) is 6.42 Å². The smallest absolute Gasteiger partial charge is 0.328 e. The highest BCUT2D eigenvalue weighted by Crippen LogP contribution is 2.31. The summed E-state index contributed by atoms with van der Waals surface area (Å²) in [6.07, 6.45) is 1.91. The van der Waals surface area contributed by atoms with Gasteiger partial charge in [-0.05, 0) is 19.8 Å². The van der Waals surface area contributed by atoms with E-state index in [-0.39, 0.29) is 23.9 Å². The first kappa shape index (κ1) is 17.7. The molecule has 2 saturated heterocycles. The molecule has 3 aliphatic rings. The monoisotopic (exact) mass is 350 g/mol. The van der Waals surface area contributed by atoms with E-state index in [1.807, 2.05) is 11.8 Å². The van der Waals surface area contributed by atoms with E-state index in [4.69, 9.17) is 5.73 Å². The van der Waals surface area contributed by atoms with Crippen LogP contribution in [0.15, 0.2) is 4.99 Å². The Bertz CT molecular complexity index is 619. The van der Waals surface area contributed by atoms with Crippen LogP contribution < -0.4 is 5.73 Å². The highest BCUT2D eigenvalue weighted by Gasteiger charge is 2.54. The fourth-order valence-electron chi connectivity index (χ4n) is 3.68. The van der Waals surface area contributed by atoms with Gasteiger partial charge >= 0.3 is 6.03 Å². The van der Waals surface area contributed by atoms with Crippen LogP contribution in [0.25, 0.3) is 0 Å². The van der Waals surface area contributed by atoms with Crippen LogP contribution in [-0.2, 0) is 9.59 Å². The van der Waals surface area contributed by atoms with Crippen LogP contribution in [0.3, 0.4) is 0 Å². The predicted octanol–water partition coefficient (Wildman–Crippen LogP) is -0.374. The predicted molar refractivity (Wildman–Crippen MR) is 91.5 cm³/mol. The quantitative estimate of drug-likeness (QED) is 0.681. The van der Waals surface area contributed by atoms with E-state index in [1.165, 1.54) is 16.7 Å². The Kier molecular flexibility index (Phi) is 4.68. The highest BCUT2D eigenvalue weighted by atomic mass is 16.2. The Balaban J connectivity index is 1.73. The van der Waals surface area contributed by atoms with Crippen molar-refractivity contribution in [2.45, 2.75) is 51.4 Å². The van der Waals surface area contributed by atoms with Gasteiger partial charge in [0.05, 0.1) is 0 Å². The number of rotatable bonds is 5. The lowest BCUT2D eigenvalue weighted by Gasteiger charge is -2.40. The molecule has 4 amide bonds. The Labute approximate surface area is 147 Å². The standard InChI is InChI=1S/C16H26N6O3/c1-10(17)6-4-5-7-22-14(24)12-13(19(3)16(22)25)18-15-20(11(2)23)8-9-21(12)15/h10,12-13H,4-9,17H2,1-3H3/t10-,12?,13?/m0/s1. The van der Waals surface area contributed by atoms with E-state index in [9.17, 15) is 14.4 Å². The summed E-state index contributed by atoms with van der Waals surface area (Å²) in [7, 11) is 1.66. The number of hydrogen-bond donors (Lipinski definition) is 1. The second-order valence-corrected chi connectivity index (χ2v) is 7.01. The number of guanidine groups is 1. The van der Waals surface area contributed by atoms with Crippen LogP contribution in [0.5, 0.6) is 0 Å². The lowest BCUT2D eigenvalue weighted by Crippen LogP contribution is -2.64. The molecule has 3 heterocycles. The van der Waals surface area contributed by atoms with Gasteiger partial charge in [-0.15, -0.1) is 0 Å². The summed E-state index contributed by atoms with van der Waals surface area (Å²) < 4.78 is 0. The van der Waals surface area contributed by atoms with Crippen molar-refractivity contribution >= 4 is 23.8 Å². The van der Waals surface area contributed by atoms with Crippen molar-refractivity contribution in [1.29, 1.82) is 0 Å². The Morgan fingerprint density at radius 2 is 2.04 bits per heavy atom. The van der Waals surface area contributed by atoms with Crippen LogP contribution >= 0.6 is 0 Å². The number of imide groups is 1. The minimum absolute atomic E-state index is 0.103. The van der Waals surface area contributed by atoms with E-state index in [0.29, 0.717) is 25.6 Å². The van der Waals surface area contributed by atoms with Gasteiger partial charge in [0.15, 0.2) is 12.2 Å². The third-order valence-corrected chi connectivity index (χ3v) is 5.05. The summed E-state index contributed by atoms with van der Waals surface area (Å²) in [5, 5.41) is 0. The number of nitrogens with zero attached hydrogens (tertiary/aromatic N) is 5. The normalized spacial score (nSPS) is 26.8. The van der Waals surface area contributed by atoms with Gasteiger partial charge in [0, 0.05) is 39.6 Å². The second kappa shape index (κ2) is 6.62. The lowest BCUT2D eigenvalue weighted by molar-refractivity contribution is -0.137. The minimum Gasteiger partial charge on any atom is -0.328 e. The van der Waals surface area contributed by atoms with E-state index in [1.54, 1.807) is 11.9 Å². The topological polar surface area (TPSA) is 103 Å². The number of likely N-dealkylation sites (N-methyl/N-ethyl adjacent to an activating group) is 1. The SMILES string of the molecule is CC(=O)N1CCN2C1=NC1C2C(=O)N(CCCC[C@H](C)N)C(=O)N1C. The molecule has 3 rings (SSSR count). The first-order valence-electron chi connectivity index (χ1n) is 8.79. The molecule has 0 saturated carbocycles. The lowest BCUT2D eigenvalue weighted by atomic mass is 10.1. The number of carbonyl (C=O) groups is 3. The maximum Gasteiger partial charge on any atom is 0.328 e. The molecular weight excluding hydrogens is 324 g/mol. The van der Waals surface area contributed by atoms with Crippen LogP contribution in [0.1, 0.15) is 33.1 Å². The molecule has 3 atom stereocenters. The zero-order chi connectivity index (χ0) is 18.3. The maximum absolute atomic E-state index is 12.9. The van der Waals surface area contributed by atoms with Gasteiger partial charge in [0.25, 0.3) is 5.91 Å². The molecule has 9 heteroatoms. The van der Waals surface area contributed by atoms with Gasteiger partial charge in [-0.25, -0.2) is 9.79 Å². The fraction of sp³-hybridized carbons (Fsp3) is 0.750. The molecule has 0 aromatic heterocycles. The average molecular weight is 350 g/mol. The number of fused-ring (bicyclic) bond motifs is 3. The first-order chi connectivity index (χ1) is 11.8. The molecule has 138 valence electrons. The van der Waals surface area contributed by atoms with E-state index < -0.39 is 12.2 Å². The van der Waals surface area contributed by atoms with E-state index >= 15 is 0 Å². The summed E-state index contributed by atoms with van der Waals surface area (Å²) in [5.74, 6) is 0.182. The summed E-state index contributed by atoms with van der Waals surface area (Å²) in [6.45, 7) is 4.90. The van der Waals surface area contributed by atoms with Crippen LogP contribution in [0.4, 0.5) is 4.79 Å². The molecule has 0 bridgehead atoms. The Hall–Kier alpha value is -2.16. The van der Waals surface area contributed by atoms with Crippen LogP contribution in [0.2, 0.25) is 0 Å². The molecule has 9 nitrogen and oxygen atoms in total. The molecule has 2 unspecified atom stereocenters. The average Bonchev–Trinajstić information content (AvgIpc) is 3.10. The molecule has 0 aromatic carbocycles. The number of amides is 4. The van der Waals surface area contributed by atoms with Gasteiger partial charge in [-0.3, -0.25) is 19.4 Å². The van der Waals surface area contributed by atoms with Crippen molar-refractivity contribution in [2.75, 3.05) is 26.7 Å². The Morgan fingerprint density at radius 3 is 2.68 bits per heavy atom. The molecular formula is C16H26N6O3. The van der Waals surface area contributed by atoms with Crippen molar-refractivity contribution in [3.8, 4) is 0 Å². The van der Waals surface area contributed by atoms with E-state index in [0.717, 1.165) is 19.3 Å². The molecule has 0 radical (unpaired) electrons. The zero-order valence-corrected chi connectivity index (χ0v) is 15.0. The number of carbonyl (C=O) groups excluding carboxylic acids is 3. The molecule has 25 heavy (non-hydrogen) atoms. The van der Waals surface area contributed by atoms with Crippen LogP contribution in [0, 0.1) is 0 Å². The maximum atomic E-state index is 12.9. The molecule has 3 aliphatic heterocycles. The zero-order valence-electron chi connectivity index (χ0n) is 15.0. The number of hydrogen-bond acceptors (Lipinski definition) is 6. The number of urea groups is 1. The van der Waals surface area contributed by atoms with Crippen molar-refractivity contribution in [2.24, 2.45) is 10.7 Å². The fourth-order valence-corrected chi connectivity index (χ4v) is 3.68. The second-order valence-electron chi connectivity index (χ2n) is 7.01. The summed E-state index contributed by atoms with van der Waals surface area (Å²) >= 11 is 0. The van der Waals surface area contributed by atoms with Gasteiger partial charge in [0.1, 0.15) is 0 Å². The summed E-state index contributed by atoms with van der Waals surface area (Å²) in [4.78, 5) is 48.0. The van der Waals surface area contributed by atoms with Crippen molar-refractivity contribution in [3.05, 3.63) is 0 Å². The third kappa shape index (κ3) is 2.97. The van der Waals surface area contributed by atoms with Gasteiger partial charge in [-0.2, -0.15) is 0 Å². The van der Waals surface area contributed by atoms with Crippen molar-refractivity contribution in [1.82, 2.24) is 19.6 Å². The molecule has 2 N–H and O–H groups in total. The molecule has 0 spiro atoms. The van der Waals surface area contributed by atoms with Gasteiger partial charge in [0.2, 0.25) is 11.9 Å². The van der Waals surface area contributed by atoms with E-state index in [2.05, 4.69) is 4.99 Å². The minimum atomic E-state index is -0.558. The molecule has 2 fully saturated rings. The number of aliphatic imine (C=N–C) groups is 1. The molecule has 0 aliphatic carbocycles. The Morgan fingerprint density at radius 1 is 1.32 bits per heavy atom. The van der Waals surface area contributed by atoms with Crippen LogP contribution in [-0.4, -0.2) is 88.3 Å². The van der Waals surface area contributed by atoms with Crippen molar-refractivity contribution < 1.29 is 14.4 Å². The first-order valence-corrected chi connectivity index (χ1v) is 8.79. The highest BCUT2D eigenvalue weighted by molar-refractivity contribution is 6.06. The van der Waals surface area contributed by atoms with Gasteiger partial charge < -0.3 is 15.5 Å².